The number of H-pyrrole nitrogens is 1. The van der Waals surface area contributed by atoms with Gasteiger partial charge in [-0.3, -0.25) is 9.59 Å². The fraction of sp³-hybridized carbons (Fsp3) is 0.381. The number of aromatic nitrogens is 1. The van der Waals surface area contributed by atoms with Crippen LogP contribution in [-0.2, 0) is 16.0 Å². The van der Waals surface area contributed by atoms with Crippen LogP contribution in [0.4, 0.5) is 5.69 Å². The molecule has 0 radical (unpaired) electrons. The Kier molecular flexibility index (Phi) is 6.98. The first-order chi connectivity index (χ1) is 13.3. The molecule has 2 amide bonds. The summed E-state index contributed by atoms with van der Waals surface area (Å²) in [5.41, 5.74) is 3.61. The summed E-state index contributed by atoms with van der Waals surface area (Å²) in [5, 5.41) is 5.69. The fourth-order valence-corrected chi connectivity index (χ4v) is 3.19. The number of aromatic amines is 1. The van der Waals surface area contributed by atoms with Crippen LogP contribution in [-0.4, -0.2) is 29.9 Å². The number of carbonyl (C=O) groups excluding carboxylic acids is 3. The fourth-order valence-electron chi connectivity index (χ4n) is 3.19. The Balaban J connectivity index is 2.27. The van der Waals surface area contributed by atoms with Crippen LogP contribution in [0.25, 0.3) is 0 Å². The predicted octanol–water partition coefficient (Wildman–Crippen LogP) is 3.51. The van der Waals surface area contributed by atoms with Crippen molar-refractivity contribution in [3.63, 3.8) is 0 Å². The van der Waals surface area contributed by atoms with E-state index >= 15 is 0 Å². The van der Waals surface area contributed by atoms with Crippen LogP contribution in [0.1, 0.15) is 70.9 Å². The summed E-state index contributed by atoms with van der Waals surface area (Å²) >= 11 is 0. The number of benzene rings is 1. The number of hydrogen-bond acceptors (Lipinski definition) is 4. The van der Waals surface area contributed by atoms with Gasteiger partial charge in [0.2, 0.25) is 5.91 Å². The molecule has 0 saturated heterocycles. The summed E-state index contributed by atoms with van der Waals surface area (Å²) < 4.78 is 4.87. The van der Waals surface area contributed by atoms with Crippen molar-refractivity contribution in [3.05, 3.63) is 52.3 Å². The van der Waals surface area contributed by atoms with Crippen LogP contribution < -0.4 is 10.6 Å². The van der Waals surface area contributed by atoms with Gasteiger partial charge in [-0.1, -0.05) is 25.5 Å². The van der Waals surface area contributed by atoms with Gasteiger partial charge in [-0.15, -0.1) is 0 Å². The molecule has 7 nitrogen and oxygen atoms in total. The third-order valence-corrected chi connectivity index (χ3v) is 4.46. The van der Waals surface area contributed by atoms with E-state index in [1.54, 1.807) is 13.0 Å². The van der Waals surface area contributed by atoms with Crippen LogP contribution in [0.5, 0.6) is 0 Å². The number of ether oxygens (including phenoxy) is 1. The molecule has 150 valence electrons. The molecular formula is C21H27N3O4. The zero-order valence-corrected chi connectivity index (χ0v) is 16.9. The predicted molar refractivity (Wildman–Crippen MR) is 107 cm³/mol. The number of anilines is 1. The van der Waals surface area contributed by atoms with E-state index in [0.29, 0.717) is 34.6 Å². The Labute approximate surface area is 164 Å². The second-order valence-electron chi connectivity index (χ2n) is 6.72. The molecule has 0 bridgehead atoms. The molecule has 1 aromatic carbocycles. The van der Waals surface area contributed by atoms with Gasteiger partial charge >= 0.3 is 5.97 Å². The lowest BCUT2D eigenvalue weighted by Gasteiger charge is -2.16. The third-order valence-electron chi connectivity index (χ3n) is 4.46. The lowest BCUT2D eigenvalue weighted by atomic mass is 10.0. The van der Waals surface area contributed by atoms with Gasteiger partial charge in [0.15, 0.2) is 0 Å². The van der Waals surface area contributed by atoms with Gasteiger partial charge in [-0.25, -0.2) is 4.79 Å². The first-order valence-corrected chi connectivity index (χ1v) is 9.26. The van der Waals surface area contributed by atoms with Gasteiger partial charge in [-0.05, 0) is 43.5 Å². The highest BCUT2D eigenvalue weighted by atomic mass is 16.5. The molecule has 1 unspecified atom stereocenters. The Morgan fingerprint density at radius 1 is 1.25 bits per heavy atom. The SMILES string of the molecule is CCCc1c(C(=O)NC(C)c2cccc(NC(C)=O)c2)[nH]c(C)c1C(=O)OC. The lowest BCUT2D eigenvalue weighted by Crippen LogP contribution is -2.28. The van der Waals surface area contributed by atoms with Gasteiger partial charge in [0, 0.05) is 18.3 Å². The molecule has 0 aliphatic carbocycles. The van der Waals surface area contributed by atoms with Crippen molar-refractivity contribution in [1.29, 1.82) is 0 Å². The normalized spacial score (nSPS) is 11.6. The van der Waals surface area contributed by atoms with E-state index in [1.165, 1.54) is 14.0 Å². The summed E-state index contributed by atoms with van der Waals surface area (Å²) in [6.45, 7) is 7.05. The van der Waals surface area contributed by atoms with E-state index in [2.05, 4.69) is 15.6 Å². The first kappa shape index (κ1) is 21.2. The van der Waals surface area contributed by atoms with E-state index in [9.17, 15) is 14.4 Å². The minimum atomic E-state index is -0.452. The van der Waals surface area contributed by atoms with Crippen molar-refractivity contribution >= 4 is 23.5 Å². The smallest absolute Gasteiger partial charge is 0.339 e. The van der Waals surface area contributed by atoms with Gasteiger partial charge in [0.1, 0.15) is 5.69 Å². The highest BCUT2D eigenvalue weighted by molar-refractivity contribution is 6.00. The summed E-state index contributed by atoms with van der Waals surface area (Å²) in [4.78, 5) is 39.3. The number of esters is 1. The average Bonchev–Trinajstić information content (AvgIpc) is 2.97. The number of carbonyl (C=O) groups is 3. The standard InChI is InChI=1S/C21H27N3O4/c1-6-8-17-18(21(27)28-5)13(3)22-19(17)20(26)23-12(2)15-9-7-10-16(11-15)24-14(4)25/h7,9-12,22H,6,8H2,1-5H3,(H,23,26)(H,24,25). The van der Waals surface area contributed by atoms with Crippen LogP contribution in [0.3, 0.4) is 0 Å². The van der Waals surface area contributed by atoms with E-state index in [1.807, 2.05) is 32.0 Å². The van der Waals surface area contributed by atoms with Crippen LogP contribution in [0.15, 0.2) is 24.3 Å². The number of methoxy groups -OCH3 is 1. The molecule has 7 heteroatoms. The Morgan fingerprint density at radius 2 is 1.96 bits per heavy atom. The summed E-state index contributed by atoms with van der Waals surface area (Å²) in [7, 11) is 1.33. The average molecular weight is 385 g/mol. The van der Waals surface area contributed by atoms with Crippen molar-refractivity contribution in [1.82, 2.24) is 10.3 Å². The maximum Gasteiger partial charge on any atom is 0.339 e. The zero-order chi connectivity index (χ0) is 20.8. The molecule has 0 saturated carbocycles. The van der Waals surface area contributed by atoms with E-state index in [-0.39, 0.29) is 17.9 Å². The van der Waals surface area contributed by atoms with Crippen LogP contribution in [0.2, 0.25) is 0 Å². The molecule has 0 spiro atoms. The van der Waals surface area contributed by atoms with Crippen molar-refractivity contribution < 1.29 is 19.1 Å². The Hall–Kier alpha value is -3.09. The number of hydrogen-bond donors (Lipinski definition) is 3. The molecule has 0 aliphatic heterocycles. The van der Waals surface area contributed by atoms with Crippen LogP contribution in [0, 0.1) is 6.92 Å². The number of rotatable bonds is 7. The quantitative estimate of drug-likeness (QED) is 0.635. The number of aryl methyl sites for hydroxylation is 1. The molecule has 2 aromatic rings. The highest BCUT2D eigenvalue weighted by Crippen LogP contribution is 2.23. The second kappa shape index (κ2) is 9.21. The molecule has 3 N–H and O–H groups in total. The molecule has 0 fully saturated rings. The molecule has 1 atom stereocenters. The van der Waals surface area contributed by atoms with Gasteiger partial charge in [0.05, 0.1) is 18.7 Å². The minimum absolute atomic E-state index is 0.157. The minimum Gasteiger partial charge on any atom is -0.465 e. The zero-order valence-electron chi connectivity index (χ0n) is 16.9. The maximum absolute atomic E-state index is 12.9. The second-order valence-corrected chi connectivity index (χ2v) is 6.72. The van der Waals surface area contributed by atoms with Crippen LogP contribution >= 0.6 is 0 Å². The van der Waals surface area contributed by atoms with Crippen molar-refractivity contribution in [2.75, 3.05) is 12.4 Å². The number of amides is 2. The Bertz CT molecular complexity index is 886. The summed E-state index contributed by atoms with van der Waals surface area (Å²) in [6.07, 6.45) is 1.37. The Morgan fingerprint density at radius 3 is 2.57 bits per heavy atom. The van der Waals surface area contributed by atoms with E-state index in [4.69, 9.17) is 4.74 Å². The molecule has 2 rings (SSSR count). The van der Waals surface area contributed by atoms with Gasteiger partial charge in [0.25, 0.3) is 5.91 Å². The van der Waals surface area contributed by atoms with Gasteiger partial charge < -0.3 is 20.4 Å². The molecule has 1 aromatic heterocycles. The molecule has 28 heavy (non-hydrogen) atoms. The topological polar surface area (TPSA) is 100 Å². The van der Waals surface area contributed by atoms with Crippen molar-refractivity contribution in [2.45, 2.75) is 46.6 Å². The summed E-state index contributed by atoms with van der Waals surface area (Å²) in [5.74, 6) is -0.901. The maximum atomic E-state index is 12.9. The monoisotopic (exact) mass is 385 g/mol. The van der Waals surface area contributed by atoms with Crippen molar-refractivity contribution in [3.8, 4) is 0 Å². The first-order valence-electron chi connectivity index (χ1n) is 9.26. The number of nitrogens with one attached hydrogen (secondary N) is 3. The van der Waals surface area contributed by atoms with E-state index < -0.39 is 5.97 Å². The molecule has 1 heterocycles. The highest BCUT2D eigenvalue weighted by Gasteiger charge is 2.25. The lowest BCUT2D eigenvalue weighted by molar-refractivity contribution is -0.114. The third kappa shape index (κ3) is 4.79. The van der Waals surface area contributed by atoms with E-state index in [0.717, 1.165) is 12.0 Å². The van der Waals surface area contributed by atoms with Crippen molar-refractivity contribution in [2.24, 2.45) is 0 Å². The molecule has 0 aliphatic rings. The summed E-state index contributed by atoms with van der Waals surface area (Å²) in [6, 6.07) is 7.01. The largest absolute Gasteiger partial charge is 0.465 e. The molecular weight excluding hydrogens is 358 g/mol. The van der Waals surface area contributed by atoms with Gasteiger partial charge in [-0.2, -0.15) is 0 Å².